The fourth-order valence-corrected chi connectivity index (χ4v) is 5.88. The molecular formula is C25H36N2O5. The maximum absolute atomic E-state index is 12.7. The number of carbonyl (C=O) groups is 2. The number of piperidine rings is 1. The molecule has 0 aromatic heterocycles. The first-order valence-corrected chi connectivity index (χ1v) is 11.6. The van der Waals surface area contributed by atoms with E-state index in [0.29, 0.717) is 25.8 Å². The third-order valence-corrected chi connectivity index (χ3v) is 7.52. The standard InChI is InChI=1S/C25H36N2O5/c1-24(2,3)32-23(30)26(4)17-13-25-11-10-21(28)19(14-25)22(29)20(27(25)15-17)12-16-6-8-18(31-5)9-7-16/h6-9,17,19-20,22,29H,10-15H2,1-5H3/t17-,19-,20-,22+,25+/m0/s1. The van der Waals surface area contributed by atoms with Crippen molar-refractivity contribution >= 4 is 11.9 Å². The van der Waals surface area contributed by atoms with Crippen LogP contribution in [0.2, 0.25) is 0 Å². The molecule has 7 nitrogen and oxygen atoms in total. The zero-order chi connectivity index (χ0) is 23.3. The molecule has 5 atom stereocenters. The average Bonchev–Trinajstić information content (AvgIpc) is 3.11. The van der Waals surface area contributed by atoms with Gasteiger partial charge in [-0.2, -0.15) is 0 Å². The molecule has 0 unspecified atom stereocenters. The minimum Gasteiger partial charge on any atom is -0.497 e. The van der Waals surface area contributed by atoms with E-state index in [1.165, 1.54) is 0 Å². The maximum Gasteiger partial charge on any atom is 0.410 e. The fourth-order valence-electron chi connectivity index (χ4n) is 5.88. The minimum absolute atomic E-state index is 0.0117. The summed E-state index contributed by atoms with van der Waals surface area (Å²) in [6.07, 6.45) is 2.38. The lowest BCUT2D eigenvalue weighted by atomic mass is 9.65. The average molecular weight is 445 g/mol. The van der Waals surface area contributed by atoms with Crippen LogP contribution >= 0.6 is 0 Å². The van der Waals surface area contributed by atoms with Crippen molar-refractivity contribution in [2.45, 2.75) is 82.2 Å². The van der Waals surface area contributed by atoms with Gasteiger partial charge < -0.3 is 19.5 Å². The highest BCUT2D eigenvalue weighted by molar-refractivity contribution is 5.83. The molecule has 1 spiro atoms. The molecule has 2 saturated heterocycles. The van der Waals surface area contributed by atoms with Crippen molar-refractivity contribution in [1.82, 2.24) is 9.80 Å². The number of carbonyl (C=O) groups excluding carboxylic acids is 2. The maximum atomic E-state index is 12.7. The van der Waals surface area contributed by atoms with Crippen LogP contribution in [-0.2, 0) is 16.0 Å². The van der Waals surface area contributed by atoms with Crippen LogP contribution in [0.1, 0.15) is 52.0 Å². The first-order valence-electron chi connectivity index (χ1n) is 11.6. The summed E-state index contributed by atoms with van der Waals surface area (Å²) >= 11 is 0. The van der Waals surface area contributed by atoms with Crippen molar-refractivity contribution in [3.05, 3.63) is 29.8 Å². The fraction of sp³-hybridized carbons (Fsp3) is 0.680. The van der Waals surface area contributed by atoms with Gasteiger partial charge in [-0.15, -0.1) is 0 Å². The lowest BCUT2D eigenvalue weighted by molar-refractivity contribution is -0.149. The summed E-state index contributed by atoms with van der Waals surface area (Å²) in [6, 6.07) is 7.71. The Morgan fingerprint density at radius 1 is 1.25 bits per heavy atom. The number of hydrogen-bond acceptors (Lipinski definition) is 6. The van der Waals surface area contributed by atoms with Crippen LogP contribution in [0.5, 0.6) is 5.75 Å². The number of hydrogen-bond donors (Lipinski definition) is 1. The van der Waals surface area contributed by atoms with E-state index < -0.39 is 11.7 Å². The third kappa shape index (κ3) is 4.25. The number of ether oxygens (including phenoxy) is 2. The van der Waals surface area contributed by atoms with E-state index in [-0.39, 0.29) is 35.4 Å². The highest BCUT2D eigenvalue weighted by atomic mass is 16.6. The van der Waals surface area contributed by atoms with Gasteiger partial charge in [0, 0.05) is 43.6 Å². The van der Waals surface area contributed by atoms with Crippen molar-refractivity contribution in [1.29, 1.82) is 0 Å². The van der Waals surface area contributed by atoms with Crippen LogP contribution in [0.15, 0.2) is 24.3 Å². The quantitative estimate of drug-likeness (QED) is 0.769. The Morgan fingerprint density at radius 2 is 1.94 bits per heavy atom. The summed E-state index contributed by atoms with van der Waals surface area (Å²) in [5.41, 5.74) is 0.391. The van der Waals surface area contributed by atoms with Gasteiger partial charge in [0.15, 0.2) is 0 Å². The molecule has 1 saturated carbocycles. The Hall–Kier alpha value is -2.12. The van der Waals surface area contributed by atoms with Gasteiger partial charge in [0.05, 0.1) is 13.2 Å². The molecule has 2 aliphatic heterocycles. The first-order chi connectivity index (χ1) is 15.0. The van der Waals surface area contributed by atoms with Crippen molar-refractivity contribution in [3.8, 4) is 5.75 Å². The van der Waals surface area contributed by atoms with E-state index in [4.69, 9.17) is 9.47 Å². The van der Waals surface area contributed by atoms with Crippen LogP contribution in [0, 0.1) is 5.92 Å². The Labute approximate surface area is 190 Å². The topological polar surface area (TPSA) is 79.3 Å². The number of methoxy groups -OCH3 is 1. The Morgan fingerprint density at radius 3 is 2.56 bits per heavy atom. The molecule has 0 radical (unpaired) electrons. The number of benzene rings is 1. The summed E-state index contributed by atoms with van der Waals surface area (Å²) in [6.45, 7) is 6.28. The van der Waals surface area contributed by atoms with Crippen molar-refractivity contribution in [2.24, 2.45) is 5.92 Å². The van der Waals surface area contributed by atoms with E-state index in [1.807, 2.05) is 45.0 Å². The molecule has 7 heteroatoms. The second-order valence-corrected chi connectivity index (χ2v) is 10.7. The summed E-state index contributed by atoms with van der Waals surface area (Å²) in [4.78, 5) is 29.5. The molecule has 1 aromatic rings. The number of fused-ring (bicyclic) bond motifs is 1. The SMILES string of the molecule is COc1ccc(C[C@H]2[C@H](O)[C@H]3C[C@@]4(CCC3=O)C[C@H](N(C)C(=O)OC(C)(C)C)CN24)cc1. The molecular weight excluding hydrogens is 408 g/mol. The van der Waals surface area contributed by atoms with Gasteiger partial charge in [0.25, 0.3) is 0 Å². The first kappa shape index (κ1) is 23.1. The van der Waals surface area contributed by atoms with Gasteiger partial charge >= 0.3 is 6.09 Å². The zero-order valence-electron chi connectivity index (χ0n) is 19.8. The van der Waals surface area contributed by atoms with Gasteiger partial charge in [-0.25, -0.2) is 4.79 Å². The Bertz CT molecular complexity index is 864. The van der Waals surface area contributed by atoms with Gasteiger partial charge in [-0.05, 0) is 64.2 Å². The molecule has 3 fully saturated rings. The smallest absolute Gasteiger partial charge is 0.410 e. The Balaban J connectivity index is 1.59. The highest BCUT2D eigenvalue weighted by Crippen LogP contribution is 2.50. The van der Waals surface area contributed by atoms with Crippen molar-refractivity contribution < 1.29 is 24.2 Å². The normalized spacial score (nSPS) is 32.4. The number of Topliss-reactive ketones (excluding diaryl/α,β-unsaturated/α-hetero) is 1. The van der Waals surface area contributed by atoms with Crippen LogP contribution in [0.25, 0.3) is 0 Å². The zero-order valence-corrected chi connectivity index (χ0v) is 19.8. The molecule has 2 bridgehead atoms. The molecule has 1 aromatic carbocycles. The van der Waals surface area contributed by atoms with E-state index in [2.05, 4.69) is 4.90 Å². The van der Waals surface area contributed by atoms with Gasteiger partial charge in [0.1, 0.15) is 17.1 Å². The van der Waals surface area contributed by atoms with Crippen molar-refractivity contribution in [2.75, 3.05) is 20.7 Å². The van der Waals surface area contributed by atoms with Crippen LogP contribution in [0.3, 0.4) is 0 Å². The molecule has 1 aliphatic carbocycles. The van der Waals surface area contributed by atoms with E-state index in [1.54, 1.807) is 19.1 Å². The third-order valence-electron chi connectivity index (χ3n) is 7.52. The molecule has 1 N–H and O–H groups in total. The largest absolute Gasteiger partial charge is 0.497 e. The van der Waals surface area contributed by atoms with E-state index in [0.717, 1.165) is 24.2 Å². The van der Waals surface area contributed by atoms with Gasteiger partial charge in [-0.1, -0.05) is 12.1 Å². The molecule has 4 rings (SSSR count). The molecule has 3 aliphatic rings. The number of rotatable bonds is 4. The van der Waals surface area contributed by atoms with Crippen LogP contribution < -0.4 is 4.74 Å². The van der Waals surface area contributed by atoms with Crippen LogP contribution in [-0.4, -0.2) is 76.8 Å². The number of amides is 1. The highest BCUT2D eigenvalue weighted by Gasteiger charge is 2.59. The molecule has 1 amide bonds. The predicted octanol–water partition coefficient (Wildman–Crippen LogP) is 3.03. The van der Waals surface area contributed by atoms with E-state index >= 15 is 0 Å². The second-order valence-electron chi connectivity index (χ2n) is 10.7. The number of aliphatic hydroxyl groups is 1. The number of aliphatic hydroxyl groups excluding tert-OH is 1. The lowest BCUT2D eigenvalue weighted by Crippen LogP contribution is -2.65. The molecule has 32 heavy (non-hydrogen) atoms. The lowest BCUT2D eigenvalue weighted by Gasteiger charge is -2.54. The minimum atomic E-state index is -0.705. The second kappa shape index (κ2) is 8.34. The summed E-state index contributed by atoms with van der Waals surface area (Å²) in [5, 5.41) is 11.3. The summed E-state index contributed by atoms with van der Waals surface area (Å²) < 4.78 is 10.9. The monoisotopic (exact) mass is 444 g/mol. The van der Waals surface area contributed by atoms with Crippen LogP contribution in [0.4, 0.5) is 4.79 Å². The van der Waals surface area contributed by atoms with Gasteiger partial charge in [-0.3, -0.25) is 9.69 Å². The predicted molar refractivity (Wildman–Crippen MR) is 121 cm³/mol. The van der Waals surface area contributed by atoms with Gasteiger partial charge in [0.2, 0.25) is 0 Å². The van der Waals surface area contributed by atoms with E-state index in [9.17, 15) is 14.7 Å². The number of nitrogens with zero attached hydrogens (tertiary/aromatic N) is 2. The number of ketones is 1. The number of likely N-dealkylation sites (N-methyl/N-ethyl adjacent to an activating group) is 1. The summed E-state index contributed by atoms with van der Waals surface area (Å²) in [7, 11) is 3.44. The molecule has 176 valence electrons. The van der Waals surface area contributed by atoms with Crippen molar-refractivity contribution in [3.63, 3.8) is 0 Å². The Kier molecular flexibility index (Phi) is 6.01. The molecule has 2 heterocycles. The summed E-state index contributed by atoms with van der Waals surface area (Å²) in [5.74, 6) is 0.641.